The number of amides is 1. The molecule has 0 heterocycles. The van der Waals surface area contributed by atoms with Crippen LogP contribution in [0, 0.1) is 19.7 Å². The maximum atomic E-state index is 13.8. The molecule has 0 spiro atoms. The first-order valence-corrected chi connectivity index (χ1v) is 9.91. The number of anilines is 1. The van der Waals surface area contributed by atoms with E-state index in [9.17, 15) is 9.18 Å². The van der Waals surface area contributed by atoms with Crippen molar-refractivity contribution in [2.24, 2.45) is 0 Å². The van der Waals surface area contributed by atoms with Crippen molar-refractivity contribution in [1.29, 1.82) is 0 Å². The summed E-state index contributed by atoms with van der Waals surface area (Å²) in [6, 6.07) is 20.3. The van der Waals surface area contributed by atoms with Crippen molar-refractivity contribution in [3.63, 3.8) is 0 Å². The monoisotopic (exact) mass is 390 g/mol. The molecule has 1 amide bonds. The third kappa shape index (κ3) is 5.30. The van der Waals surface area contributed by atoms with Crippen molar-refractivity contribution in [1.82, 2.24) is 5.32 Å². The second-order valence-electron chi connectivity index (χ2n) is 7.28. The van der Waals surface area contributed by atoms with Gasteiger partial charge in [0.1, 0.15) is 5.82 Å². The van der Waals surface area contributed by atoms with E-state index in [4.69, 9.17) is 0 Å². The van der Waals surface area contributed by atoms with Gasteiger partial charge in [-0.2, -0.15) is 0 Å². The highest BCUT2D eigenvalue weighted by molar-refractivity contribution is 5.93. The normalized spacial score (nSPS) is 11.9. The molecular weight excluding hydrogens is 363 g/mol. The smallest absolute Gasteiger partial charge is 0.238 e. The molecule has 0 aliphatic carbocycles. The van der Waals surface area contributed by atoms with Gasteiger partial charge in [-0.15, -0.1) is 0 Å². The molecule has 0 bridgehead atoms. The minimum Gasteiger partial charge on any atom is -0.324 e. The van der Waals surface area contributed by atoms with Crippen molar-refractivity contribution in [3.05, 3.63) is 100 Å². The quantitative estimate of drug-likeness (QED) is 0.573. The van der Waals surface area contributed by atoms with E-state index in [0.717, 1.165) is 34.4 Å². The third-order valence-corrected chi connectivity index (χ3v) is 5.12. The molecule has 0 unspecified atom stereocenters. The Labute approximate surface area is 172 Å². The number of hydrogen-bond donors (Lipinski definition) is 2. The summed E-state index contributed by atoms with van der Waals surface area (Å²) in [6.07, 6.45) is 0.955. The molecule has 0 fully saturated rings. The predicted molar refractivity (Wildman–Crippen MR) is 117 cm³/mol. The van der Waals surface area contributed by atoms with E-state index in [-0.39, 0.29) is 24.3 Å². The molecule has 0 aromatic heterocycles. The van der Waals surface area contributed by atoms with Crippen LogP contribution in [0.4, 0.5) is 10.1 Å². The fourth-order valence-electron chi connectivity index (χ4n) is 3.45. The molecule has 0 radical (unpaired) electrons. The standard InChI is InChI=1S/C25H27FN2O/c1-4-19-11-13-20(14-12-19)25(21-9-6-10-22(26)15-21)27-16-23(29)28-24-17(2)7-5-8-18(24)3/h5-15,25,27H,4,16H2,1-3H3,(H,28,29)/t25-/m1/s1. The summed E-state index contributed by atoms with van der Waals surface area (Å²) in [5.41, 5.74) is 5.90. The van der Waals surface area contributed by atoms with Crippen LogP contribution >= 0.6 is 0 Å². The first-order chi connectivity index (χ1) is 14.0. The minimum atomic E-state index is -0.292. The Morgan fingerprint density at radius 2 is 1.59 bits per heavy atom. The molecule has 3 aromatic rings. The highest BCUT2D eigenvalue weighted by Crippen LogP contribution is 2.24. The Bertz CT molecular complexity index is 962. The first kappa shape index (κ1) is 20.7. The third-order valence-electron chi connectivity index (χ3n) is 5.12. The van der Waals surface area contributed by atoms with E-state index in [1.807, 2.05) is 50.2 Å². The summed E-state index contributed by atoms with van der Waals surface area (Å²) in [5.74, 6) is -0.423. The average molecular weight is 391 g/mol. The number of aryl methyl sites for hydroxylation is 3. The predicted octanol–water partition coefficient (Wildman–Crippen LogP) is 5.32. The summed E-state index contributed by atoms with van der Waals surface area (Å²) in [6.45, 7) is 6.17. The van der Waals surface area contributed by atoms with Gasteiger partial charge < -0.3 is 5.32 Å². The van der Waals surface area contributed by atoms with Crippen LogP contribution in [0.3, 0.4) is 0 Å². The second-order valence-corrected chi connectivity index (χ2v) is 7.28. The molecule has 0 saturated carbocycles. The zero-order chi connectivity index (χ0) is 20.8. The van der Waals surface area contributed by atoms with Crippen molar-refractivity contribution in [3.8, 4) is 0 Å². The van der Waals surface area contributed by atoms with Crippen LogP contribution in [0.1, 0.15) is 40.8 Å². The molecule has 3 rings (SSSR count). The molecule has 2 N–H and O–H groups in total. The maximum absolute atomic E-state index is 13.8. The number of rotatable bonds is 7. The van der Waals surface area contributed by atoms with Crippen LogP contribution in [0.5, 0.6) is 0 Å². The van der Waals surface area contributed by atoms with Crippen molar-refractivity contribution in [2.45, 2.75) is 33.2 Å². The summed E-state index contributed by atoms with van der Waals surface area (Å²) >= 11 is 0. The van der Waals surface area contributed by atoms with Crippen LogP contribution < -0.4 is 10.6 Å². The van der Waals surface area contributed by atoms with E-state index >= 15 is 0 Å². The van der Waals surface area contributed by atoms with Gasteiger partial charge in [0.05, 0.1) is 12.6 Å². The molecule has 1 atom stereocenters. The van der Waals surface area contributed by atoms with Gasteiger partial charge in [0, 0.05) is 5.69 Å². The van der Waals surface area contributed by atoms with Gasteiger partial charge in [-0.25, -0.2) is 4.39 Å². The first-order valence-electron chi connectivity index (χ1n) is 9.91. The summed E-state index contributed by atoms with van der Waals surface area (Å²) < 4.78 is 13.8. The van der Waals surface area contributed by atoms with Gasteiger partial charge in [-0.3, -0.25) is 10.1 Å². The fraction of sp³-hybridized carbons (Fsp3) is 0.240. The Kier molecular flexibility index (Phi) is 6.78. The Morgan fingerprint density at radius 1 is 0.931 bits per heavy atom. The molecule has 0 aliphatic rings. The molecule has 3 aromatic carbocycles. The molecular formula is C25H27FN2O. The number of carbonyl (C=O) groups excluding carboxylic acids is 1. The average Bonchev–Trinajstić information content (AvgIpc) is 2.71. The van der Waals surface area contributed by atoms with E-state index in [2.05, 4.69) is 29.7 Å². The number of benzene rings is 3. The van der Waals surface area contributed by atoms with Crippen LogP contribution in [-0.4, -0.2) is 12.5 Å². The van der Waals surface area contributed by atoms with Crippen LogP contribution in [0.25, 0.3) is 0 Å². The van der Waals surface area contributed by atoms with Gasteiger partial charge in [-0.1, -0.05) is 61.5 Å². The summed E-state index contributed by atoms with van der Waals surface area (Å²) in [5, 5.41) is 6.29. The van der Waals surface area contributed by atoms with Crippen LogP contribution in [0.2, 0.25) is 0 Å². The van der Waals surface area contributed by atoms with Gasteiger partial charge in [-0.05, 0) is 60.2 Å². The number of halogens is 1. The number of carbonyl (C=O) groups is 1. The Morgan fingerprint density at radius 3 is 2.21 bits per heavy atom. The fourth-order valence-corrected chi connectivity index (χ4v) is 3.45. The molecule has 150 valence electrons. The zero-order valence-electron chi connectivity index (χ0n) is 17.1. The molecule has 29 heavy (non-hydrogen) atoms. The van der Waals surface area contributed by atoms with E-state index in [0.29, 0.717) is 0 Å². The Hall–Kier alpha value is -2.98. The number of nitrogens with one attached hydrogen (secondary N) is 2. The lowest BCUT2D eigenvalue weighted by molar-refractivity contribution is -0.115. The van der Waals surface area contributed by atoms with Crippen LogP contribution in [-0.2, 0) is 11.2 Å². The lowest BCUT2D eigenvalue weighted by Gasteiger charge is -2.21. The lowest BCUT2D eigenvalue weighted by atomic mass is 9.97. The van der Waals surface area contributed by atoms with Gasteiger partial charge in [0.15, 0.2) is 0 Å². The molecule has 0 aliphatic heterocycles. The van der Waals surface area contributed by atoms with E-state index < -0.39 is 0 Å². The molecule has 4 heteroatoms. The number of para-hydroxylation sites is 1. The van der Waals surface area contributed by atoms with Crippen molar-refractivity contribution >= 4 is 11.6 Å². The summed E-state index contributed by atoms with van der Waals surface area (Å²) in [7, 11) is 0. The van der Waals surface area contributed by atoms with E-state index in [1.54, 1.807) is 6.07 Å². The van der Waals surface area contributed by atoms with Gasteiger partial charge in [0.25, 0.3) is 0 Å². The highest BCUT2D eigenvalue weighted by atomic mass is 19.1. The van der Waals surface area contributed by atoms with Gasteiger partial charge >= 0.3 is 0 Å². The Balaban J connectivity index is 1.78. The van der Waals surface area contributed by atoms with Gasteiger partial charge in [0.2, 0.25) is 5.91 Å². The van der Waals surface area contributed by atoms with Crippen LogP contribution in [0.15, 0.2) is 66.7 Å². The molecule has 3 nitrogen and oxygen atoms in total. The number of hydrogen-bond acceptors (Lipinski definition) is 2. The molecule has 0 saturated heterocycles. The van der Waals surface area contributed by atoms with E-state index in [1.165, 1.54) is 17.7 Å². The maximum Gasteiger partial charge on any atom is 0.238 e. The zero-order valence-corrected chi connectivity index (χ0v) is 17.1. The highest BCUT2D eigenvalue weighted by Gasteiger charge is 2.16. The lowest BCUT2D eigenvalue weighted by Crippen LogP contribution is -2.32. The largest absolute Gasteiger partial charge is 0.324 e. The van der Waals surface area contributed by atoms with Crippen molar-refractivity contribution < 1.29 is 9.18 Å². The van der Waals surface area contributed by atoms with Crippen molar-refractivity contribution in [2.75, 3.05) is 11.9 Å². The second kappa shape index (κ2) is 9.48. The SMILES string of the molecule is CCc1ccc([C@@H](NCC(=O)Nc2c(C)cccc2C)c2cccc(F)c2)cc1. The topological polar surface area (TPSA) is 41.1 Å². The summed E-state index contributed by atoms with van der Waals surface area (Å²) in [4.78, 5) is 12.6. The minimum absolute atomic E-state index is 0.116.